The summed E-state index contributed by atoms with van der Waals surface area (Å²) < 4.78 is 0. The number of pyridine rings is 1. The van der Waals surface area contributed by atoms with Gasteiger partial charge in [-0.3, -0.25) is 4.98 Å². The Morgan fingerprint density at radius 1 is 1.10 bits per heavy atom. The van der Waals surface area contributed by atoms with E-state index in [-0.39, 0.29) is 0 Å². The molecule has 3 rings (SSSR count). The topological polar surface area (TPSA) is 62.7 Å². The van der Waals surface area contributed by atoms with E-state index in [1.165, 1.54) is 5.56 Å². The molecule has 0 spiro atoms. The van der Waals surface area contributed by atoms with Crippen LogP contribution in [0.25, 0.3) is 10.2 Å². The Hall–Kier alpha value is -2.21. The Kier molecular flexibility index (Phi) is 4.25. The predicted molar refractivity (Wildman–Crippen MR) is 88.0 cm³/mol. The minimum absolute atomic E-state index is 0.680. The van der Waals surface area contributed by atoms with Gasteiger partial charge in [-0.1, -0.05) is 0 Å². The fraction of sp³-hybridized carbons (Fsp3) is 0.267. The summed E-state index contributed by atoms with van der Waals surface area (Å²) in [5, 5.41) is 9.72. The van der Waals surface area contributed by atoms with Crippen LogP contribution >= 0.6 is 11.3 Å². The van der Waals surface area contributed by atoms with Gasteiger partial charge in [-0.05, 0) is 42.5 Å². The van der Waals surface area contributed by atoms with Gasteiger partial charge in [-0.25, -0.2) is 4.98 Å². The number of anilines is 2. The molecule has 0 saturated heterocycles. The molecule has 5 nitrogen and oxygen atoms in total. The lowest BCUT2D eigenvalue weighted by molar-refractivity contribution is 0.998. The van der Waals surface area contributed by atoms with Gasteiger partial charge in [0.2, 0.25) is 5.95 Å². The number of fused-ring (bicyclic) bond motifs is 1. The van der Waals surface area contributed by atoms with Crippen molar-refractivity contribution in [1.82, 2.24) is 15.0 Å². The van der Waals surface area contributed by atoms with Gasteiger partial charge in [0.15, 0.2) is 0 Å². The van der Waals surface area contributed by atoms with Crippen LogP contribution in [0.15, 0.2) is 36.0 Å². The van der Waals surface area contributed by atoms with Gasteiger partial charge >= 0.3 is 0 Å². The van der Waals surface area contributed by atoms with Crippen LogP contribution in [0.3, 0.4) is 0 Å². The molecule has 6 heteroatoms. The highest BCUT2D eigenvalue weighted by molar-refractivity contribution is 7.16. The molecule has 0 aliphatic heterocycles. The van der Waals surface area contributed by atoms with E-state index in [0.717, 1.165) is 35.5 Å². The summed E-state index contributed by atoms with van der Waals surface area (Å²) in [6.07, 6.45) is 4.58. The number of hydrogen-bond donors (Lipinski definition) is 2. The van der Waals surface area contributed by atoms with Crippen LogP contribution < -0.4 is 10.6 Å². The quantitative estimate of drug-likeness (QED) is 0.732. The first kappa shape index (κ1) is 13.8. The average Bonchev–Trinajstić information content (AvgIpc) is 2.97. The summed E-state index contributed by atoms with van der Waals surface area (Å²) in [7, 11) is 0. The average molecular weight is 299 g/mol. The third-order valence-corrected chi connectivity index (χ3v) is 3.92. The van der Waals surface area contributed by atoms with Crippen molar-refractivity contribution < 1.29 is 0 Å². The van der Waals surface area contributed by atoms with E-state index in [4.69, 9.17) is 0 Å². The zero-order valence-electron chi connectivity index (χ0n) is 11.8. The summed E-state index contributed by atoms with van der Waals surface area (Å²) >= 11 is 1.63. The number of nitrogens with one attached hydrogen (secondary N) is 2. The maximum absolute atomic E-state index is 4.56. The van der Waals surface area contributed by atoms with Crippen LogP contribution in [0.2, 0.25) is 0 Å². The van der Waals surface area contributed by atoms with Crippen molar-refractivity contribution in [3.63, 3.8) is 0 Å². The lowest BCUT2D eigenvalue weighted by Crippen LogP contribution is -2.09. The van der Waals surface area contributed by atoms with Crippen molar-refractivity contribution >= 4 is 33.3 Å². The van der Waals surface area contributed by atoms with Crippen molar-refractivity contribution in [2.45, 2.75) is 13.3 Å². The van der Waals surface area contributed by atoms with Gasteiger partial charge in [-0.15, -0.1) is 11.3 Å². The Morgan fingerprint density at radius 2 is 1.95 bits per heavy atom. The van der Waals surface area contributed by atoms with E-state index in [0.29, 0.717) is 5.95 Å². The SMILES string of the molecule is CCNc1nc(NCCc2ccncc2)c2ccsc2n1. The summed E-state index contributed by atoms with van der Waals surface area (Å²) in [6, 6.07) is 6.13. The third-order valence-electron chi connectivity index (χ3n) is 3.12. The molecular formula is C15H17N5S. The monoisotopic (exact) mass is 299 g/mol. The highest BCUT2D eigenvalue weighted by atomic mass is 32.1. The molecule has 0 atom stereocenters. The third kappa shape index (κ3) is 3.28. The fourth-order valence-corrected chi connectivity index (χ4v) is 2.87. The second-order valence-corrected chi connectivity index (χ2v) is 5.49. The molecule has 2 N–H and O–H groups in total. The van der Waals surface area contributed by atoms with Crippen LogP contribution in [0.1, 0.15) is 12.5 Å². The smallest absolute Gasteiger partial charge is 0.226 e. The van der Waals surface area contributed by atoms with E-state index < -0.39 is 0 Å². The van der Waals surface area contributed by atoms with E-state index in [1.807, 2.05) is 36.8 Å². The highest BCUT2D eigenvalue weighted by Gasteiger charge is 2.08. The first-order chi connectivity index (χ1) is 10.4. The maximum Gasteiger partial charge on any atom is 0.226 e. The molecule has 3 aromatic rings. The number of rotatable bonds is 6. The molecule has 0 unspecified atom stereocenters. The Balaban J connectivity index is 1.74. The Morgan fingerprint density at radius 3 is 2.76 bits per heavy atom. The predicted octanol–water partition coefficient (Wildman–Crippen LogP) is 3.17. The van der Waals surface area contributed by atoms with Gasteiger partial charge in [0.05, 0.1) is 5.39 Å². The molecule has 3 heterocycles. The van der Waals surface area contributed by atoms with Crippen LogP contribution in [-0.4, -0.2) is 28.0 Å². The first-order valence-electron chi connectivity index (χ1n) is 6.98. The summed E-state index contributed by atoms with van der Waals surface area (Å²) in [6.45, 7) is 3.68. The highest BCUT2D eigenvalue weighted by Crippen LogP contribution is 2.26. The zero-order chi connectivity index (χ0) is 14.5. The molecule has 108 valence electrons. The van der Waals surface area contributed by atoms with Gasteiger partial charge < -0.3 is 10.6 Å². The van der Waals surface area contributed by atoms with E-state index >= 15 is 0 Å². The molecule has 0 radical (unpaired) electrons. The molecule has 0 aromatic carbocycles. The second kappa shape index (κ2) is 6.49. The van der Waals surface area contributed by atoms with Crippen molar-refractivity contribution in [1.29, 1.82) is 0 Å². The number of nitrogens with zero attached hydrogens (tertiary/aromatic N) is 3. The van der Waals surface area contributed by atoms with Crippen molar-refractivity contribution in [3.05, 3.63) is 41.5 Å². The number of aromatic nitrogens is 3. The molecule has 0 aliphatic rings. The van der Waals surface area contributed by atoms with Crippen LogP contribution in [0.4, 0.5) is 11.8 Å². The van der Waals surface area contributed by atoms with Crippen molar-refractivity contribution in [2.75, 3.05) is 23.7 Å². The van der Waals surface area contributed by atoms with Gasteiger partial charge in [0.1, 0.15) is 10.6 Å². The molecule has 0 bridgehead atoms. The van der Waals surface area contributed by atoms with E-state index in [9.17, 15) is 0 Å². The summed E-state index contributed by atoms with van der Waals surface area (Å²) in [5.74, 6) is 1.57. The molecule has 0 saturated carbocycles. The van der Waals surface area contributed by atoms with Crippen LogP contribution in [-0.2, 0) is 6.42 Å². The van der Waals surface area contributed by atoms with Crippen molar-refractivity contribution in [2.24, 2.45) is 0 Å². The van der Waals surface area contributed by atoms with Gasteiger partial charge in [0, 0.05) is 25.5 Å². The first-order valence-corrected chi connectivity index (χ1v) is 7.86. The largest absolute Gasteiger partial charge is 0.369 e. The van der Waals surface area contributed by atoms with Gasteiger partial charge in [-0.2, -0.15) is 4.98 Å². The molecule has 0 amide bonds. The zero-order valence-corrected chi connectivity index (χ0v) is 12.7. The standard InChI is InChI=1S/C15H17N5S/c1-2-17-15-19-13(12-6-10-21-14(12)20-15)18-9-5-11-3-7-16-8-4-11/h3-4,6-8,10H,2,5,9H2,1H3,(H2,17,18,19,20). The van der Waals surface area contributed by atoms with Crippen LogP contribution in [0.5, 0.6) is 0 Å². The fourth-order valence-electron chi connectivity index (χ4n) is 2.10. The number of hydrogen-bond acceptors (Lipinski definition) is 6. The molecular weight excluding hydrogens is 282 g/mol. The Bertz CT molecular complexity index is 710. The lowest BCUT2D eigenvalue weighted by atomic mass is 10.2. The van der Waals surface area contributed by atoms with E-state index in [1.54, 1.807) is 11.3 Å². The molecule has 21 heavy (non-hydrogen) atoms. The summed E-state index contributed by atoms with van der Waals surface area (Å²) in [5.41, 5.74) is 1.26. The minimum atomic E-state index is 0.680. The molecule has 3 aromatic heterocycles. The van der Waals surface area contributed by atoms with Crippen molar-refractivity contribution in [3.8, 4) is 0 Å². The minimum Gasteiger partial charge on any atom is -0.369 e. The van der Waals surface area contributed by atoms with E-state index in [2.05, 4.69) is 31.7 Å². The lowest BCUT2D eigenvalue weighted by Gasteiger charge is -2.09. The van der Waals surface area contributed by atoms with Gasteiger partial charge in [0.25, 0.3) is 0 Å². The Labute approximate surface area is 127 Å². The summed E-state index contributed by atoms with van der Waals surface area (Å²) in [4.78, 5) is 14.1. The van der Waals surface area contributed by atoms with Crippen LogP contribution in [0, 0.1) is 0 Å². The maximum atomic E-state index is 4.56. The molecule has 0 aliphatic carbocycles. The number of thiophene rings is 1. The second-order valence-electron chi connectivity index (χ2n) is 4.60. The normalized spacial score (nSPS) is 10.7. The molecule has 0 fully saturated rings.